The molecule has 0 saturated carbocycles. The number of pyridine rings is 1. The van der Waals surface area contributed by atoms with Crippen LogP contribution in [0.3, 0.4) is 0 Å². The fourth-order valence-corrected chi connectivity index (χ4v) is 2.03. The lowest BCUT2D eigenvalue weighted by Crippen LogP contribution is -2.42. The van der Waals surface area contributed by atoms with E-state index in [1.54, 1.807) is 18.2 Å². The van der Waals surface area contributed by atoms with E-state index in [-0.39, 0.29) is 16.5 Å². The molecule has 3 amide bonds. The lowest BCUT2D eigenvalue weighted by Gasteiger charge is -2.19. The van der Waals surface area contributed by atoms with Crippen LogP contribution in [0.4, 0.5) is 17.1 Å². The van der Waals surface area contributed by atoms with E-state index in [9.17, 15) is 14.4 Å². The first-order valence-corrected chi connectivity index (χ1v) is 6.90. The van der Waals surface area contributed by atoms with Crippen LogP contribution < -0.4 is 16.0 Å². The average Bonchev–Trinajstić information content (AvgIpc) is 2.49. The van der Waals surface area contributed by atoms with Gasteiger partial charge < -0.3 is 11.1 Å². The zero-order chi connectivity index (χ0) is 17.0. The van der Waals surface area contributed by atoms with Gasteiger partial charge in [-0.1, -0.05) is 17.7 Å². The third kappa shape index (κ3) is 3.83. The number of halogens is 1. The molecule has 3 N–H and O–H groups in total. The summed E-state index contributed by atoms with van der Waals surface area (Å²) >= 11 is 5.82. The molecular weight excluding hydrogens is 320 g/mol. The zero-order valence-corrected chi connectivity index (χ0v) is 12.9. The minimum atomic E-state index is -1.05. The minimum Gasteiger partial charge on any atom is -0.399 e. The maximum atomic E-state index is 12.3. The topological polar surface area (TPSA) is 105 Å². The zero-order valence-electron chi connectivity index (χ0n) is 12.1. The SMILES string of the molecule is CC(=O)N(C(=O)C(=O)Nc1cccnc1Cl)c1cccc(N)c1. The van der Waals surface area contributed by atoms with Crippen molar-refractivity contribution in [1.82, 2.24) is 4.98 Å². The van der Waals surface area contributed by atoms with Crippen molar-refractivity contribution in [3.05, 3.63) is 47.7 Å². The van der Waals surface area contributed by atoms with Crippen molar-refractivity contribution in [2.75, 3.05) is 16.0 Å². The lowest BCUT2D eigenvalue weighted by molar-refractivity contribution is -0.136. The Bertz CT molecular complexity index is 779. The molecule has 0 radical (unpaired) electrons. The van der Waals surface area contributed by atoms with Gasteiger partial charge in [-0.3, -0.25) is 14.4 Å². The third-order valence-corrected chi connectivity index (χ3v) is 3.15. The monoisotopic (exact) mass is 332 g/mol. The van der Waals surface area contributed by atoms with Crippen molar-refractivity contribution < 1.29 is 14.4 Å². The first-order chi connectivity index (χ1) is 10.9. The van der Waals surface area contributed by atoms with Crippen LogP contribution in [-0.2, 0) is 14.4 Å². The normalized spacial score (nSPS) is 10.0. The fourth-order valence-electron chi connectivity index (χ4n) is 1.86. The van der Waals surface area contributed by atoms with Crippen LogP contribution >= 0.6 is 11.6 Å². The average molecular weight is 333 g/mol. The van der Waals surface area contributed by atoms with Gasteiger partial charge in [0.05, 0.1) is 11.4 Å². The molecule has 118 valence electrons. The summed E-state index contributed by atoms with van der Waals surface area (Å²) < 4.78 is 0. The second-order valence-corrected chi connectivity index (χ2v) is 4.91. The molecule has 0 unspecified atom stereocenters. The number of hydrogen-bond donors (Lipinski definition) is 2. The number of aromatic nitrogens is 1. The highest BCUT2D eigenvalue weighted by atomic mass is 35.5. The highest BCUT2D eigenvalue weighted by Gasteiger charge is 2.27. The van der Waals surface area contributed by atoms with E-state index in [4.69, 9.17) is 17.3 Å². The van der Waals surface area contributed by atoms with Gasteiger partial charge >= 0.3 is 11.8 Å². The maximum absolute atomic E-state index is 12.3. The Morgan fingerprint density at radius 2 is 1.96 bits per heavy atom. The van der Waals surface area contributed by atoms with Crippen LogP contribution in [0, 0.1) is 0 Å². The number of nitrogens with one attached hydrogen (secondary N) is 1. The molecule has 1 aromatic heterocycles. The first kappa shape index (κ1) is 16.4. The molecule has 0 bridgehead atoms. The molecule has 0 fully saturated rings. The van der Waals surface area contributed by atoms with Crippen molar-refractivity contribution in [2.45, 2.75) is 6.92 Å². The van der Waals surface area contributed by atoms with Crippen LogP contribution in [-0.4, -0.2) is 22.7 Å². The lowest BCUT2D eigenvalue weighted by atomic mass is 10.2. The van der Waals surface area contributed by atoms with E-state index in [1.807, 2.05) is 0 Å². The number of amides is 3. The number of nitrogens with zero attached hydrogens (tertiary/aromatic N) is 2. The summed E-state index contributed by atoms with van der Waals surface area (Å²) in [5.74, 6) is -2.69. The molecule has 2 aromatic rings. The number of nitrogens with two attached hydrogens (primary N) is 1. The van der Waals surface area contributed by atoms with Gasteiger partial charge in [0.2, 0.25) is 5.91 Å². The van der Waals surface area contributed by atoms with Crippen molar-refractivity contribution in [3.8, 4) is 0 Å². The Hall–Kier alpha value is -2.93. The number of benzene rings is 1. The molecule has 0 atom stereocenters. The summed E-state index contributed by atoms with van der Waals surface area (Å²) in [6.07, 6.45) is 1.44. The predicted octanol–water partition coefficient (Wildman–Crippen LogP) is 1.84. The molecule has 8 heteroatoms. The van der Waals surface area contributed by atoms with Gasteiger partial charge in [-0.05, 0) is 30.3 Å². The summed E-state index contributed by atoms with van der Waals surface area (Å²) in [5.41, 5.74) is 6.37. The molecule has 0 spiro atoms. The Labute approximate surface area is 137 Å². The molecule has 1 aromatic carbocycles. The van der Waals surface area contributed by atoms with Crippen molar-refractivity contribution in [1.29, 1.82) is 0 Å². The number of rotatable bonds is 2. The predicted molar refractivity (Wildman–Crippen MR) is 86.9 cm³/mol. The van der Waals surface area contributed by atoms with Gasteiger partial charge in [0.25, 0.3) is 0 Å². The van der Waals surface area contributed by atoms with E-state index >= 15 is 0 Å². The number of imide groups is 1. The quantitative estimate of drug-likeness (QED) is 0.496. The van der Waals surface area contributed by atoms with Crippen LogP contribution in [0.5, 0.6) is 0 Å². The van der Waals surface area contributed by atoms with E-state index < -0.39 is 17.7 Å². The molecule has 1 heterocycles. The maximum Gasteiger partial charge on any atom is 0.323 e. The largest absolute Gasteiger partial charge is 0.399 e. The first-order valence-electron chi connectivity index (χ1n) is 6.52. The summed E-state index contributed by atoms with van der Waals surface area (Å²) in [5, 5.41) is 2.36. The van der Waals surface area contributed by atoms with Crippen LogP contribution in [0.25, 0.3) is 0 Å². The van der Waals surface area contributed by atoms with Crippen LogP contribution in [0.15, 0.2) is 42.6 Å². The smallest absolute Gasteiger partial charge is 0.323 e. The summed E-state index contributed by atoms with van der Waals surface area (Å²) in [6, 6.07) is 9.13. The number of anilines is 3. The van der Waals surface area contributed by atoms with E-state index in [1.165, 1.54) is 31.3 Å². The molecule has 0 aliphatic rings. The standard InChI is InChI=1S/C15H13ClN4O3/c1-9(21)20(11-5-2-4-10(17)8-11)15(23)14(22)19-12-6-3-7-18-13(12)16/h2-8H,17H2,1H3,(H,19,22). The fraction of sp³-hybridized carbons (Fsp3) is 0.0667. The Kier molecular flexibility index (Phi) is 4.92. The Morgan fingerprint density at radius 3 is 2.57 bits per heavy atom. The third-order valence-electron chi connectivity index (χ3n) is 2.85. The molecule has 0 aliphatic carbocycles. The van der Waals surface area contributed by atoms with Gasteiger partial charge in [0.15, 0.2) is 5.15 Å². The van der Waals surface area contributed by atoms with Crippen LogP contribution in [0.1, 0.15) is 6.92 Å². The molecule has 0 saturated heterocycles. The summed E-state index contributed by atoms with van der Waals surface area (Å²) in [6.45, 7) is 1.17. The Morgan fingerprint density at radius 1 is 1.22 bits per heavy atom. The molecule has 2 rings (SSSR count). The number of hydrogen-bond acceptors (Lipinski definition) is 5. The number of carbonyl (C=O) groups excluding carboxylic acids is 3. The highest BCUT2D eigenvalue weighted by Crippen LogP contribution is 2.20. The minimum absolute atomic E-state index is 0.0342. The molecule has 23 heavy (non-hydrogen) atoms. The molecular formula is C15H13ClN4O3. The van der Waals surface area contributed by atoms with E-state index in [2.05, 4.69) is 10.3 Å². The highest BCUT2D eigenvalue weighted by molar-refractivity contribution is 6.49. The second kappa shape index (κ2) is 6.89. The van der Waals surface area contributed by atoms with Crippen LogP contribution in [0.2, 0.25) is 5.15 Å². The van der Waals surface area contributed by atoms with E-state index in [0.29, 0.717) is 5.69 Å². The van der Waals surface area contributed by atoms with Crippen molar-refractivity contribution in [2.24, 2.45) is 0 Å². The number of carbonyl (C=O) groups is 3. The van der Waals surface area contributed by atoms with E-state index in [0.717, 1.165) is 4.90 Å². The van der Waals surface area contributed by atoms with Crippen molar-refractivity contribution >= 4 is 46.4 Å². The van der Waals surface area contributed by atoms with Gasteiger partial charge in [0.1, 0.15) is 0 Å². The van der Waals surface area contributed by atoms with Crippen molar-refractivity contribution in [3.63, 3.8) is 0 Å². The van der Waals surface area contributed by atoms with Gasteiger partial charge in [-0.15, -0.1) is 0 Å². The summed E-state index contributed by atoms with van der Waals surface area (Å²) in [4.78, 5) is 40.7. The number of nitrogen functional groups attached to an aromatic ring is 1. The van der Waals surface area contributed by atoms with Gasteiger partial charge in [-0.2, -0.15) is 0 Å². The van der Waals surface area contributed by atoms with Gasteiger partial charge in [-0.25, -0.2) is 9.88 Å². The molecule has 7 nitrogen and oxygen atoms in total. The molecule has 0 aliphatic heterocycles. The Balaban J connectivity index is 2.26. The second-order valence-electron chi connectivity index (χ2n) is 4.55. The van der Waals surface area contributed by atoms with Gasteiger partial charge in [0, 0.05) is 18.8 Å². The summed E-state index contributed by atoms with van der Waals surface area (Å²) in [7, 11) is 0.